The third-order valence-corrected chi connectivity index (χ3v) is 4.24. The highest BCUT2D eigenvalue weighted by Gasteiger charge is 2.13. The number of ether oxygens (including phenoxy) is 1. The van der Waals surface area contributed by atoms with E-state index in [1.165, 1.54) is 10.6 Å². The van der Waals surface area contributed by atoms with Gasteiger partial charge in [-0.05, 0) is 13.3 Å². The molecule has 0 aromatic carbocycles. The molecule has 0 aliphatic carbocycles. The van der Waals surface area contributed by atoms with E-state index >= 15 is 0 Å². The summed E-state index contributed by atoms with van der Waals surface area (Å²) in [5, 5.41) is 4.60. The molecule has 4 nitrogen and oxygen atoms in total. The molecule has 1 aromatic rings. The second-order valence-electron chi connectivity index (χ2n) is 5.27. The van der Waals surface area contributed by atoms with E-state index in [0.29, 0.717) is 6.04 Å². The number of aromatic nitrogens is 1. The second-order valence-corrected chi connectivity index (χ2v) is 6.33. The molecule has 0 bridgehead atoms. The number of rotatable bonds is 10. The molecule has 1 aromatic heterocycles. The van der Waals surface area contributed by atoms with E-state index in [2.05, 4.69) is 38.0 Å². The lowest BCUT2D eigenvalue weighted by atomic mass is 10.2. The molecule has 0 fully saturated rings. The standard InChI is InChI=1S/C15H29N3OS/c1-6-8-13-14(11-16-12(3)4)20-15(17-13)18(5)9-10-19-7-2/h12,16H,6-11H2,1-5H3. The average Bonchev–Trinajstić information content (AvgIpc) is 2.80. The molecule has 1 N–H and O–H groups in total. The Hall–Kier alpha value is -0.650. The molecule has 20 heavy (non-hydrogen) atoms. The number of thiazole rings is 1. The van der Waals surface area contributed by atoms with E-state index in [9.17, 15) is 0 Å². The maximum atomic E-state index is 5.41. The predicted octanol–water partition coefficient (Wildman–Crippen LogP) is 3.07. The summed E-state index contributed by atoms with van der Waals surface area (Å²) in [6, 6.07) is 0.505. The molecular weight excluding hydrogens is 270 g/mol. The molecule has 116 valence electrons. The lowest BCUT2D eigenvalue weighted by Crippen LogP contribution is -2.22. The first kappa shape index (κ1) is 17.4. The van der Waals surface area contributed by atoms with Crippen molar-refractivity contribution in [3.63, 3.8) is 0 Å². The summed E-state index contributed by atoms with van der Waals surface area (Å²) in [7, 11) is 2.09. The fourth-order valence-electron chi connectivity index (χ4n) is 1.84. The first-order valence-electron chi connectivity index (χ1n) is 7.59. The van der Waals surface area contributed by atoms with Gasteiger partial charge in [-0.2, -0.15) is 0 Å². The topological polar surface area (TPSA) is 37.4 Å². The van der Waals surface area contributed by atoms with Crippen molar-refractivity contribution in [2.24, 2.45) is 0 Å². The Bertz CT molecular complexity index is 379. The van der Waals surface area contributed by atoms with Gasteiger partial charge in [0.1, 0.15) is 0 Å². The van der Waals surface area contributed by atoms with E-state index in [0.717, 1.165) is 44.3 Å². The summed E-state index contributed by atoms with van der Waals surface area (Å²) in [5.74, 6) is 0. The molecule has 0 amide bonds. The second kappa shape index (κ2) is 9.32. The van der Waals surface area contributed by atoms with Crippen LogP contribution in [-0.2, 0) is 17.7 Å². The summed E-state index contributed by atoms with van der Waals surface area (Å²) < 4.78 is 5.41. The largest absolute Gasteiger partial charge is 0.380 e. The summed E-state index contributed by atoms with van der Waals surface area (Å²) in [4.78, 5) is 8.37. The minimum Gasteiger partial charge on any atom is -0.380 e. The first-order valence-corrected chi connectivity index (χ1v) is 8.40. The van der Waals surface area contributed by atoms with Crippen LogP contribution < -0.4 is 10.2 Å². The zero-order valence-electron chi connectivity index (χ0n) is 13.5. The quantitative estimate of drug-likeness (QED) is 0.674. The Morgan fingerprint density at radius 3 is 2.70 bits per heavy atom. The van der Waals surface area contributed by atoms with Crippen LogP contribution in [-0.4, -0.2) is 37.8 Å². The van der Waals surface area contributed by atoms with Crippen molar-refractivity contribution in [2.45, 2.75) is 53.1 Å². The maximum Gasteiger partial charge on any atom is 0.185 e. The fraction of sp³-hybridized carbons (Fsp3) is 0.800. The number of anilines is 1. The van der Waals surface area contributed by atoms with Gasteiger partial charge in [-0.25, -0.2) is 4.98 Å². The maximum absolute atomic E-state index is 5.41. The molecule has 1 heterocycles. The monoisotopic (exact) mass is 299 g/mol. The summed E-state index contributed by atoms with van der Waals surface area (Å²) >= 11 is 1.80. The molecule has 0 aliphatic rings. The Kier molecular flexibility index (Phi) is 8.11. The van der Waals surface area contributed by atoms with E-state index in [-0.39, 0.29) is 0 Å². The predicted molar refractivity (Wildman–Crippen MR) is 87.8 cm³/mol. The van der Waals surface area contributed by atoms with E-state index in [4.69, 9.17) is 9.72 Å². The third kappa shape index (κ3) is 5.77. The molecule has 1 rings (SSSR count). The molecule has 0 saturated carbocycles. The average molecular weight is 299 g/mol. The Morgan fingerprint density at radius 1 is 1.35 bits per heavy atom. The molecule has 0 spiro atoms. The zero-order valence-corrected chi connectivity index (χ0v) is 14.3. The van der Waals surface area contributed by atoms with Crippen molar-refractivity contribution < 1.29 is 4.74 Å². The Balaban J connectivity index is 2.68. The van der Waals surface area contributed by atoms with Gasteiger partial charge >= 0.3 is 0 Å². The van der Waals surface area contributed by atoms with Crippen molar-refractivity contribution in [1.29, 1.82) is 0 Å². The Morgan fingerprint density at radius 2 is 2.10 bits per heavy atom. The van der Waals surface area contributed by atoms with Crippen LogP contribution in [0.3, 0.4) is 0 Å². The number of aryl methyl sites for hydroxylation is 1. The number of nitrogens with one attached hydrogen (secondary N) is 1. The Labute approximate surface area is 127 Å². The molecule has 0 aliphatic heterocycles. The van der Waals surface area contributed by atoms with E-state index in [1.54, 1.807) is 11.3 Å². The highest BCUT2D eigenvalue weighted by Crippen LogP contribution is 2.26. The molecule has 0 atom stereocenters. The lowest BCUT2D eigenvalue weighted by molar-refractivity contribution is 0.154. The summed E-state index contributed by atoms with van der Waals surface area (Å²) in [5.41, 5.74) is 1.25. The van der Waals surface area contributed by atoms with E-state index in [1.807, 2.05) is 6.92 Å². The van der Waals surface area contributed by atoms with Gasteiger partial charge in [0.15, 0.2) is 5.13 Å². The normalized spacial score (nSPS) is 11.3. The highest BCUT2D eigenvalue weighted by atomic mass is 32.1. The molecule has 0 saturated heterocycles. The van der Waals surface area contributed by atoms with E-state index < -0.39 is 0 Å². The van der Waals surface area contributed by atoms with Crippen LogP contribution in [0.2, 0.25) is 0 Å². The van der Waals surface area contributed by atoms with Gasteiger partial charge in [0.25, 0.3) is 0 Å². The van der Waals surface area contributed by atoms with Crippen molar-refractivity contribution in [3.05, 3.63) is 10.6 Å². The molecule has 0 unspecified atom stereocenters. The first-order chi connectivity index (χ1) is 9.58. The van der Waals surface area contributed by atoms with Gasteiger partial charge in [-0.1, -0.05) is 27.2 Å². The number of likely N-dealkylation sites (N-methyl/N-ethyl adjacent to an activating group) is 1. The summed E-state index contributed by atoms with van der Waals surface area (Å²) in [6.45, 7) is 11.9. The fourth-order valence-corrected chi connectivity index (χ4v) is 2.89. The van der Waals surface area contributed by atoms with Crippen molar-refractivity contribution >= 4 is 16.5 Å². The van der Waals surface area contributed by atoms with Gasteiger partial charge in [0, 0.05) is 37.7 Å². The third-order valence-electron chi connectivity index (χ3n) is 3.03. The SMILES string of the molecule is CCCc1nc(N(C)CCOCC)sc1CNC(C)C. The van der Waals surface area contributed by atoms with Gasteiger partial charge in [-0.15, -0.1) is 11.3 Å². The van der Waals surface area contributed by atoms with Crippen LogP contribution >= 0.6 is 11.3 Å². The van der Waals surface area contributed by atoms with Crippen LogP contribution in [0.15, 0.2) is 0 Å². The molecule has 0 radical (unpaired) electrons. The van der Waals surface area contributed by atoms with Crippen LogP contribution in [0.1, 0.15) is 44.7 Å². The number of nitrogens with zero attached hydrogens (tertiary/aromatic N) is 2. The van der Waals surface area contributed by atoms with Crippen molar-refractivity contribution in [2.75, 3.05) is 31.7 Å². The number of hydrogen-bond donors (Lipinski definition) is 1. The van der Waals surface area contributed by atoms with Gasteiger partial charge in [-0.3, -0.25) is 0 Å². The van der Waals surface area contributed by atoms with Crippen molar-refractivity contribution in [1.82, 2.24) is 10.3 Å². The van der Waals surface area contributed by atoms with Crippen LogP contribution in [0.5, 0.6) is 0 Å². The molecule has 5 heteroatoms. The highest BCUT2D eigenvalue weighted by molar-refractivity contribution is 7.15. The zero-order chi connectivity index (χ0) is 15.0. The van der Waals surface area contributed by atoms with Gasteiger partial charge in [0.2, 0.25) is 0 Å². The minimum absolute atomic E-state index is 0.505. The minimum atomic E-state index is 0.505. The van der Waals surface area contributed by atoms with Crippen LogP contribution in [0.25, 0.3) is 0 Å². The molecular formula is C15H29N3OS. The van der Waals surface area contributed by atoms with Crippen molar-refractivity contribution in [3.8, 4) is 0 Å². The van der Waals surface area contributed by atoms with Crippen LogP contribution in [0.4, 0.5) is 5.13 Å². The number of hydrogen-bond acceptors (Lipinski definition) is 5. The van der Waals surface area contributed by atoms with Gasteiger partial charge < -0.3 is 15.0 Å². The van der Waals surface area contributed by atoms with Gasteiger partial charge in [0.05, 0.1) is 12.3 Å². The smallest absolute Gasteiger partial charge is 0.185 e. The van der Waals surface area contributed by atoms with Crippen LogP contribution in [0, 0.1) is 0 Å². The lowest BCUT2D eigenvalue weighted by Gasteiger charge is -2.15. The summed E-state index contributed by atoms with van der Waals surface area (Å²) in [6.07, 6.45) is 2.20.